The zero-order chi connectivity index (χ0) is 15.4. The van der Waals surface area contributed by atoms with E-state index in [1.807, 2.05) is 29.0 Å². The van der Waals surface area contributed by atoms with Gasteiger partial charge in [0.1, 0.15) is 12.0 Å². The van der Waals surface area contributed by atoms with Crippen molar-refractivity contribution < 1.29 is 4.74 Å². The Labute approximate surface area is 128 Å². The molecule has 0 radical (unpaired) electrons. The van der Waals surface area contributed by atoms with Crippen LogP contribution in [0.4, 0.5) is 0 Å². The Bertz CT molecular complexity index is 720. The Kier molecular flexibility index (Phi) is 4.24. The smallest absolute Gasteiger partial charge is 0.159 e. The Morgan fingerprint density at radius 3 is 2.91 bits per heavy atom. The summed E-state index contributed by atoms with van der Waals surface area (Å²) in [6, 6.07) is 5.79. The highest BCUT2D eigenvalue weighted by molar-refractivity contribution is 5.49. The summed E-state index contributed by atoms with van der Waals surface area (Å²) in [4.78, 5) is 8.80. The maximum Gasteiger partial charge on any atom is 0.159 e. The molecule has 3 aromatic rings. The lowest BCUT2D eigenvalue weighted by molar-refractivity contribution is 0.185. The van der Waals surface area contributed by atoms with Crippen LogP contribution < -0.4 is 0 Å². The number of pyridine rings is 1. The highest BCUT2D eigenvalue weighted by atomic mass is 16.5. The third kappa shape index (κ3) is 2.75. The number of methoxy groups -OCH3 is 1. The first-order chi connectivity index (χ1) is 10.8. The molecule has 0 aliphatic rings. The molecular formula is C15H18N6O. The molecule has 0 aromatic carbocycles. The fourth-order valence-corrected chi connectivity index (χ4v) is 2.39. The molecule has 0 unspecified atom stereocenters. The standard InChI is InChI=1S/C15H18N6O/c1-12(14-19-18-11-20(14)9-10-22-2)21-8-7-17-15(21)13-5-3-4-6-16-13/h3-8,11-12H,9-10H2,1-2H3/t12-/m1/s1. The van der Waals surface area contributed by atoms with Crippen LogP contribution in [0, 0.1) is 0 Å². The van der Waals surface area contributed by atoms with Crippen molar-refractivity contribution in [2.45, 2.75) is 19.5 Å². The Balaban J connectivity index is 1.92. The molecule has 0 aliphatic heterocycles. The summed E-state index contributed by atoms with van der Waals surface area (Å²) in [5.74, 6) is 1.68. The molecule has 7 heteroatoms. The molecule has 0 aliphatic carbocycles. The summed E-state index contributed by atoms with van der Waals surface area (Å²) < 4.78 is 9.18. The lowest BCUT2D eigenvalue weighted by atomic mass is 10.2. The minimum Gasteiger partial charge on any atom is -0.383 e. The van der Waals surface area contributed by atoms with Crippen molar-refractivity contribution in [3.05, 3.63) is 48.9 Å². The van der Waals surface area contributed by atoms with Crippen LogP contribution in [-0.4, -0.2) is 43.0 Å². The average Bonchev–Trinajstić information content (AvgIpc) is 3.22. The molecule has 0 amide bonds. The number of aromatic nitrogens is 6. The Hall–Kier alpha value is -2.54. The molecular weight excluding hydrogens is 280 g/mol. The molecule has 0 spiro atoms. The van der Waals surface area contributed by atoms with E-state index in [4.69, 9.17) is 4.74 Å². The van der Waals surface area contributed by atoms with Crippen molar-refractivity contribution in [2.75, 3.05) is 13.7 Å². The van der Waals surface area contributed by atoms with E-state index in [2.05, 4.69) is 31.7 Å². The van der Waals surface area contributed by atoms with Gasteiger partial charge in [0.05, 0.1) is 12.6 Å². The molecule has 0 N–H and O–H groups in total. The van der Waals surface area contributed by atoms with Crippen molar-refractivity contribution in [2.24, 2.45) is 0 Å². The molecule has 3 rings (SSSR count). The van der Waals surface area contributed by atoms with Gasteiger partial charge < -0.3 is 13.9 Å². The first-order valence-electron chi connectivity index (χ1n) is 7.12. The molecule has 0 saturated carbocycles. The number of nitrogens with zero attached hydrogens (tertiary/aromatic N) is 6. The molecule has 0 bridgehead atoms. The Morgan fingerprint density at radius 2 is 2.14 bits per heavy atom. The SMILES string of the molecule is COCCn1cnnc1[C@@H](C)n1ccnc1-c1ccccn1. The summed E-state index contributed by atoms with van der Waals surface area (Å²) in [5, 5.41) is 8.26. The normalized spacial score (nSPS) is 12.5. The minimum absolute atomic E-state index is 0.00105. The highest BCUT2D eigenvalue weighted by Gasteiger charge is 2.18. The first-order valence-corrected chi connectivity index (χ1v) is 7.12. The lowest BCUT2D eigenvalue weighted by Gasteiger charge is -2.16. The van der Waals surface area contributed by atoms with Crippen molar-refractivity contribution in [1.29, 1.82) is 0 Å². The van der Waals surface area contributed by atoms with Crippen LogP contribution in [0.25, 0.3) is 11.5 Å². The van der Waals surface area contributed by atoms with Gasteiger partial charge in [-0.2, -0.15) is 0 Å². The maximum atomic E-state index is 5.13. The predicted octanol–water partition coefficient (Wildman–Crippen LogP) is 1.79. The number of imidazole rings is 1. The van der Waals surface area contributed by atoms with Crippen LogP contribution in [0.1, 0.15) is 18.8 Å². The van der Waals surface area contributed by atoms with Crippen molar-refractivity contribution in [1.82, 2.24) is 29.3 Å². The van der Waals surface area contributed by atoms with E-state index in [0.29, 0.717) is 6.61 Å². The average molecular weight is 298 g/mol. The van der Waals surface area contributed by atoms with Crippen LogP contribution in [0.3, 0.4) is 0 Å². The number of ether oxygens (including phenoxy) is 1. The van der Waals surface area contributed by atoms with E-state index < -0.39 is 0 Å². The zero-order valence-electron chi connectivity index (χ0n) is 12.6. The maximum absolute atomic E-state index is 5.13. The van der Waals surface area contributed by atoms with Crippen LogP contribution in [0.2, 0.25) is 0 Å². The summed E-state index contributed by atoms with van der Waals surface area (Å²) in [6.07, 6.45) is 7.20. The van der Waals surface area contributed by atoms with Gasteiger partial charge in [0.15, 0.2) is 11.6 Å². The molecule has 3 heterocycles. The van der Waals surface area contributed by atoms with Gasteiger partial charge in [-0.05, 0) is 19.1 Å². The van der Waals surface area contributed by atoms with Gasteiger partial charge in [-0.3, -0.25) is 4.98 Å². The second-order valence-electron chi connectivity index (χ2n) is 4.92. The van der Waals surface area contributed by atoms with Gasteiger partial charge in [0, 0.05) is 32.2 Å². The summed E-state index contributed by atoms with van der Waals surface area (Å²) in [7, 11) is 1.68. The Morgan fingerprint density at radius 1 is 1.23 bits per heavy atom. The molecule has 3 aromatic heterocycles. The fourth-order valence-electron chi connectivity index (χ4n) is 2.39. The summed E-state index contributed by atoms with van der Waals surface area (Å²) in [5.41, 5.74) is 0.835. The zero-order valence-corrected chi connectivity index (χ0v) is 12.6. The monoisotopic (exact) mass is 298 g/mol. The van der Waals surface area contributed by atoms with Gasteiger partial charge >= 0.3 is 0 Å². The minimum atomic E-state index is -0.00105. The molecule has 22 heavy (non-hydrogen) atoms. The molecule has 1 atom stereocenters. The second kappa shape index (κ2) is 6.48. The largest absolute Gasteiger partial charge is 0.383 e. The fraction of sp³-hybridized carbons (Fsp3) is 0.333. The highest BCUT2D eigenvalue weighted by Crippen LogP contribution is 2.22. The van der Waals surface area contributed by atoms with E-state index in [-0.39, 0.29) is 6.04 Å². The predicted molar refractivity (Wildman–Crippen MR) is 81.2 cm³/mol. The lowest BCUT2D eigenvalue weighted by Crippen LogP contribution is -2.16. The quantitative estimate of drug-likeness (QED) is 0.694. The third-order valence-corrected chi connectivity index (χ3v) is 3.54. The van der Waals surface area contributed by atoms with Crippen LogP contribution >= 0.6 is 0 Å². The van der Waals surface area contributed by atoms with E-state index >= 15 is 0 Å². The van der Waals surface area contributed by atoms with Gasteiger partial charge in [0.25, 0.3) is 0 Å². The molecule has 0 saturated heterocycles. The number of hydrogen-bond acceptors (Lipinski definition) is 5. The molecule has 7 nitrogen and oxygen atoms in total. The van der Waals surface area contributed by atoms with E-state index in [0.717, 1.165) is 23.9 Å². The number of rotatable bonds is 6. The van der Waals surface area contributed by atoms with Crippen LogP contribution in [0.5, 0.6) is 0 Å². The van der Waals surface area contributed by atoms with Gasteiger partial charge in [-0.1, -0.05) is 6.07 Å². The second-order valence-corrected chi connectivity index (χ2v) is 4.92. The van der Waals surface area contributed by atoms with Crippen molar-refractivity contribution in [3.63, 3.8) is 0 Å². The van der Waals surface area contributed by atoms with Crippen molar-refractivity contribution >= 4 is 0 Å². The molecule has 114 valence electrons. The molecule has 0 fully saturated rings. The van der Waals surface area contributed by atoms with Gasteiger partial charge in [0.2, 0.25) is 0 Å². The summed E-state index contributed by atoms with van der Waals surface area (Å²) >= 11 is 0. The third-order valence-electron chi connectivity index (χ3n) is 3.54. The van der Waals surface area contributed by atoms with E-state index in [1.165, 1.54) is 0 Å². The van der Waals surface area contributed by atoms with E-state index in [1.54, 1.807) is 25.8 Å². The van der Waals surface area contributed by atoms with Crippen LogP contribution in [0.15, 0.2) is 43.1 Å². The first kappa shape index (κ1) is 14.4. The number of hydrogen-bond donors (Lipinski definition) is 0. The summed E-state index contributed by atoms with van der Waals surface area (Å²) in [6.45, 7) is 3.41. The van der Waals surface area contributed by atoms with Gasteiger partial charge in [-0.25, -0.2) is 4.98 Å². The van der Waals surface area contributed by atoms with E-state index in [9.17, 15) is 0 Å². The van der Waals surface area contributed by atoms with Crippen molar-refractivity contribution in [3.8, 4) is 11.5 Å². The van der Waals surface area contributed by atoms with Crippen LogP contribution in [-0.2, 0) is 11.3 Å². The topological polar surface area (TPSA) is 70.7 Å². The van der Waals surface area contributed by atoms with Gasteiger partial charge in [-0.15, -0.1) is 10.2 Å².